The van der Waals surface area contributed by atoms with Crippen molar-refractivity contribution in [3.05, 3.63) is 78.9 Å². The maximum absolute atomic E-state index is 14.0. The first-order valence-electron chi connectivity index (χ1n) is 9.20. The number of para-hydroxylation sites is 2. The standard InChI is InChI=1S/C20H18FN5.C2H6/c21-16-6-2-1-5-15(16)18-11-14-9-10-25(12-19(14)24-18)13-26(23)20-8-4-3-7-17(20)22;1-2/h1-12H,13,22-23H2;1-2H3. The van der Waals surface area contributed by atoms with Gasteiger partial charge in [0.2, 0.25) is 0 Å². The van der Waals surface area contributed by atoms with Gasteiger partial charge in [-0.15, -0.1) is 0 Å². The Morgan fingerprint density at radius 2 is 1.71 bits per heavy atom. The number of nitrogens with two attached hydrogens (primary N) is 2. The molecular weight excluding hydrogens is 353 g/mol. The van der Waals surface area contributed by atoms with Crippen LogP contribution in [-0.4, -0.2) is 9.55 Å². The minimum atomic E-state index is -0.282. The molecule has 6 heteroatoms. The van der Waals surface area contributed by atoms with E-state index in [-0.39, 0.29) is 5.82 Å². The minimum absolute atomic E-state index is 0.282. The second kappa shape index (κ2) is 8.54. The van der Waals surface area contributed by atoms with Gasteiger partial charge in [-0.2, -0.15) is 0 Å². The number of pyridine rings is 1. The molecule has 2 heterocycles. The predicted octanol–water partition coefficient (Wildman–Crippen LogP) is 4.74. The van der Waals surface area contributed by atoms with Gasteiger partial charge in [-0.25, -0.2) is 15.2 Å². The van der Waals surface area contributed by atoms with Crippen molar-refractivity contribution in [3.8, 4) is 22.5 Å². The maximum Gasteiger partial charge on any atom is 0.132 e. The SMILES string of the molecule is CC.Nc1ccccc1N(N)Cn1ccc2cc(-c3ccccc3F)nc-2c1. The topological polar surface area (TPSA) is 73.1 Å². The zero-order chi connectivity index (χ0) is 20.1. The lowest BCUT2D eigenvalue weighted by Crippen LogP contribution is -2.33. The van der Waals surface area contributed by atoms with Crippen LogP contribution in [-0.2, 0) is 6.67 Å². The molecule has 0 saturated carbocycles. The molecule has 0 fully saturated rings. The fraction of sp³-hybridized carbons (Fsp3) is 0.136. The molecular formula is C22H24FN5. The van der Waals surface area contributed by atoms with Crippen LogP contribution in [0.15, 0.2) is 73.1 Å². The predicted molar refractivity (Wildman–Crippen MR) is 113 cm³/mol. The van der Waals surface area contributed by atoms with Crippen molar-refractivity contribution in [2.24, 2.45) is 5.84 Å². The summed E-state index contributed by atoms with van der Waals surface area (Å²) in [4.78, 5) is 4.56. The Morgan fingerprint density at radius 1 is 1.00 bits per heavy atom. The number of hydrazine groups is 1. The molecule has 2 aliphatic heterocycles. The van der Waals surface area contributed by atoms with E-state index in [4.69, 9.17) is 11.6 Å². The largest absolute Gasteiger partial charge is 0.397 e. The summed E-state index contributed by atoms with van der Waals surface area (Å²) in [6.45, 7) is 4.41. The highest BCUT2D eigenvalue weighted by Crippen LogP contribution is 2.30. The Labute approximate surface area is 164 Å². The Bertz CT molecular complexity index is 1030. The van der Waals surface area contributed by atoms with Gasteiger partial charge in [0.1, 0.15) is 12.5 Å². The van der Waals surface area contributed by atoms with Crippen LogP contribution in [0.4, 0.5) is 15.8 Å². The third-order valence-electron chi connectivity index (χ3n) is 4.27. The quantitative estimate of drug-likeness (QED) is 0.306. The maximum atomic E-state index is 14.0. The van der Waals surface area contributed by atoms with Crippen molar-refractivity contribution in [2.45, 2.75) is 20.5 Å². The third kappa shape index (κ3) is 3.97. The first-order valence-corrected chi connectivity index (χ1v) is 9.20. The summed E-state index contributed by atoms with van der Waals surface area (Å²) in [6.07, 6.45) is 3.80. The summed E-state index contributed by atoms with van der Waals surface area (Å²) in [7, 11) is 0. The lowest BCUT2D eigenvalue weighted by Gasteiger charge is -2.22. The number of halogens is 1. The molecule has 144 valence electrons. The zero-order valence-corrected chi connectivity index (χ0v) is 16.0. The molecule has 0 unspecified atom stereocenters. The summed E-state index contributed by atoms with van der Waals surface area (Å²) < 4.78 is 15.9. The molecule has 0 bridgehead atoms. The zero-order valence-electron chi connectivity index (χ0n) is 16.0. The average molecular weight is 377 g/mol. The van der Waals surface area contributed by atoms with E-state index in [1.807, 2.05) is 67.2 Å². The fourth-order valence-corrected chi connectivity index (χ4v) is 2.96. The number of hydrogen-bond acceptors (Lipinski definition) is 4. The van der Waals surface area contributed by atoms with Crippen molar-refractivity contribution in [2.75, 3.05) is 10.7 Å². The number of anilines is 2. The van der Waals surface area contributed by atoms with Crippen LogP contribution >= 0.6 is 0 Å². The number of aromatic nitrogens is 2. The molecule has 2 aromatic rings. The van der Waals surface area contributed by atoms with E-state index in [2.05, 4.69) is 4.98 Å². The molecule has 4 rings (SSSR count). The molecule has 2 aliphatic rings. The van der Waals surface area contributed by atoms with Gasteiger partial charge in [0.25, 0.3) is 0 Å². The molecule has 2 aromatic carbocycles. The van der Waals surface area contributed by atoms with Gasteiger partial charge in [-0.3, -0.25) is 5.01 Å². The van der Waals surface area contributed by atoms with Crippen LogP contribution in [0.25, 0.3) is 22.5 Å². The molecule has 0 atom stereocenters. The van der Waals surface area contributed by atoms with Crippen LogP contribution in [0.1, 0.15) is 13.8 Å². The second-order valence-corrected chi connectivity index (χ2v) is 6.09. The van der Waals surface area contributed by atoms with Crippen molar-refractivity contribution in [1.82, 2.24) is 9.55 Å². The molecule has 5 nitrogen and oxygen atoms in total. The van der Waals surface area contributed by atoms with Crippen LogP contribution < -0.4 is 16.6 Å². The number of hydrogen-bond donors (Lipinski definition) is 2. The Morgan fingerprint density at radius 3 is 2.46 bits per heavy atom. The number of nitrogens with zero attached hydrogens (tertiary/aromatic N) is 3. The van der Waals surface area contributed by atoms with Gasteiger partial charge in [0.15, 0.2) is 0 Å². The number of nitrogen functional groups attached to an aromatic ring is 1. The van der Waals surface area contributed by atoms with Crippen LogP contribution in [0.2, 0.25) is 0 Å². The van der Waals surface area contributed by atoms with E-state index in [0.717, 1.165) is 16.9 Å². The van der Waals surface area contributed by atoms with Gasteiger partial charge in [-0.1, -0.05) is 38.1 Å². The molecule has 28 heavy (non-hydrogen) atoms. The monoisotopic (exact) mass is 377 g/mol. The van der Waals surface area contributed by atoms with E-state index < -0.39 is 0 Å². The van der Waals surface area contributed by atoms with E-state index >= 15 is 0 Å². The van der Waals surface area contributed by atoms with Gasteiger partial charge in [-0.05, 0) is 36.4 Å². The van der Waals surface area contributed by atoms with Gasteiger partial charge in [0, 0.05) is 23.5 Å². The highest BCUT2D eigenvalue weighted by Gasteiger charge is 2.14. The number of benzene rings is 2. The normalized spacial score (nSPS) is 10.4. The lowest BCUT2D eigenvalue weighted by molar-refractivity contribution is 0.631. The Balaban J connectivity index is 0.00000109. The third-order valence-corrected chi connectivity index (χ3v) is 4.27. The summed E-state index contributed by atoms with van der Waals surface area (Å²) in [6, 6.07) is 17.9. The molecule has 0 saturated heterocycles. The van der Waals surface area contributed by atoms with Crippen molar-refractivity contribution in [3.63, 3.8) is 0 Å². The van der Waals surface area contributed by atoms with E-state index in [1.54, 1.807) is 23.2 Å². The molecule has 0 radical (unpaired) electrons. The second-order valence-electron chi connectivity index (χ2n) is 6.09. The van der Waals surface area contributed by atoms with Crippen molar-refractivity contribution in [1.29, 1.82) is 0 Å². The molecule has 0 aliphatic carbocycles. The first-order chi connectivity index (χ1) is 13.6. The highest BCUT2D eigenvalue weighted by atomic mass is 19.1. The summed E-state index contributed by atoms with van der Waals surface area (Å²) in [5.74, 6) is 5.87. The fourth-order valence-electron chi connectivity index (χ4n) is 2.96. The highest BCUT2D eigenvalue weighted by molar-refractivity contribution is 5.73. The molecule has 0 spiro atoms. The van der Waals surface area contributed by atoms with Crippen LogP contribution in [0.5, 0.6) is 0 Å². The smallest absolute Gasteiger partial charge is 0.132 e. The first kappa shape index (κ1) is 19.4. The number of rotatable bonds is 4. The van der Waals surface area contributed by atoms with Crippen molar-refractivity contribution < 1.29 is 4.39 Å². The van der Waals surface area contributed by atoms with Gasteiger partial charge in [0.05, 0.1) is 22.8 Å². The molecule has 0 amide bonds. The minimum Gasteiger partial charge on any atom is -0.397 e. The van der Waals surface area contributed by atoms with E-state index in [1.165, 1.54) is 6.07 Å². The summed E-state index contributed by atoms with van der Waals surface area (Å²) in [5.41, 5.74) is 10.2. The van der Waals surface area contributed by atoms with Crippen molar-refractivity contribution >= 4 is 11.4 Å². The van der Waals surface area contributed by atoms with Gasteiger partial charge >= 0.3 is 0 Å². The molecule has 0 aromatic heterocycles. The summed E-state index contributed by atoms with van der Waals surface area (Å²) >= 11 is 0. The lowest BCUT2D eigenvalue weighted by atomic mass is 10.1. The van der Waals surface area contributed by atoms with Crippen LogP contribution in [0, 0.1) is 5.82 Å². The Hall–Kier alpha value is -3.38. The van der Waals surface area contributed by atoms with Crippen LogP contribution in [0.3, 0.4) is 0 Å². The molecule has 4 N–H and O–H groups in total. The number of fused-ring (bicyclic) bond motifs is 1. The Kier molecular flexibility index (Phi) is 5.91. The summed E-state index contributed by atoms with van der Waals surface area (Å²) in [5, 5.41) is 1.57. The van der Waals surface area contributed by atoms with E-state index in [9.17, 15) is 4.39 Å². The average Bonchev–Trinajstić information content (AvgIpc) is 3.13. The van der Waals surface area contributed by atoms with Gasteiger partial charge < -0.3 is 10.3 Å². The van der Waals surface area contributed by atoms with E-state index in [0.29, 0.717) is 23.6 Å².